The molecule has 0 fully saturated rings. The minimum absolute atomic E-state index is 0.129. The molecule has 1 heterocycles. The number of amides is 2. The number of nitrogens with one attached hydrogen (secondary N) is 2. The van der Waals surface area contributed by atoms with Crippen molar-refractivity contribution in [2.45, 2.75) is 31.8 Å². The Morgan fingerprint density at radius 1 is 1.12 bits per heavy atom. The molecule has 1 aromatic heterocycles. The highest BCUT2D eigenvalue weighted by Crippen LogP contribution is 2.17. The van der Waals surface area contributed by atoms with E-state index in [0.717, 1.165) is 17.0 Å². The number of halogens is 1. The molecule has 0 aliphatic carbocycles. The molecule has 2 aromatic rings. The number of rotatable bonds is 5. The summed E-state index contributed by atoms with van der Waals surface area (Å²) in [5.41, 5.74) is 6.95. The van der Waals surface area contributed by atoms with Gasteiger partial charge in [-0.15, -0.1) is 0 Å². The van der Waals surface area contributed by atoms with Gasteiger partial charge in [0.15, 0.2) is 5.16 Å². The summed E-state index contributed by atoms with van der Waals surface area (Å²) in [5.74, 6) is -1.73. The number of aromatic nitrogens is 2. The Hall–Kier alpha value is -2.48. The van der Waals surface area contributed by atoms with Crippen molar-refractivity contribution in [2.24, 2.45) is 0 Å². The first-order chi connectivity index (χ1) is 11.9. The molecule has 0 unspecified atom stereocenters. The largest absolute Gasteiger partial charge is 0.273 e. The normalized spacial score (nSPS) is 10.4. The number of benzene rings is 1. The molecule has 0 saturated carbocycles. The second kappa shape index (κ2) is 8.57. The Balaban J connectivity index is 1.89. The second-order valence-corrected chi connectivity index (χ2v) is 6.12. The van der Waals surface area contributed by atoms with Gasteiger partial charge in [0, 0.05) is 17.8 Å². The van der Waals surface area contributed by atoms with Gasteiger partial charge >= 0.3 is 0 Å². The van der Waals surface area contributed by atoms with Crippen LogP contribution >= 0.6 is 11.8 Å². The molecule has 0 aliphatic rings. The Bertz CT molecular complexity index is 775. The summed E-state index contributed by atoms with van der Waals surface area (Å²) in [6.45, 7) is 3.75. The number of hydrogen-bond donors (Lipinski definition) is 2. The van der Waals surface area contributed by atoms with Gasteiger partial charge < -0.3 is 0 Å². The van der Waals surface area contributed by atoms with Gasteiger partial charge in [0.25, 0.3) is 5.91 Å². The lowest BCUT2D eigenvalue weighted by atomic mass is 10.1. The highest BCUT2D eigenvalue weighted by Gasteiger charge is 2.13. The molecule has 1 aromatic carbocycles. The first-order valence-electron chi connectivity index (χ1n) is 7.64. The lowest BCUT2D eigenvalue weighted by molar-refractivity contribution is -0.121. The van der Waals surface area contributed by atoms with Crippen molar-refractivity contribution in [3.8, 4) is 0 Å². The Kier molecular flexibility index (Phi) is 6.46. The van der Waals surface area contributed by atoms with Crippen LogP contribution in [0.25, 0.3) is 0 Å². The summed E-state index contributed by atoms with van der Waals surface area (Å²) in [4.78, 5) is 32.5. The van der Waals surface area contributed by atoms with Gasteiger partial charge in [-0.05, 0) is 44.2 Å². The summed E-state index contributed by atoms with van der Waals surface area (Å²) < 4.78 is 13.5. The van der Waals surface area contributed by atoms with Crippen LogP contribution in [0.4, 0.5) is 4.39 Å². The second-order valence-electron chi connectivity index (χ2n) is 5.34. The molecule has 2 amide bonds. The van der Waals surface area contributed by atoms with Crippen LogP contribution in [-0.4, -0.2) is 28.0 Å². The summed E-state index contributed by atoms with van der Waals surface area (Å²) in [6, 6.07) is 5.55. The van der Waals surface area contributed by atoms with Crippen molar-refractivity contribution in [3.05, 3.63) is 52.6 Å². The van der Waals surface area contributed by atoms with E-state index in [0.29, 0.717) is 11.6 Å². The Morgan fingerprint density at radius 2 is 1.76 bits per heavy atom. The fraction of sp³-hybridized carbons (Fsp3) is 0.294. The van der Waals surface area contributed by atoms with E-state index in [9.17, 15) is 14.0 Å². The molecule has 2 rings (SSSR count). The first-order valence-corrected chi connectivity index (χ1v) is 8.86. The van der Waals surface area contributed by atoms with E-state index in [1.54, 1.807) is 6.07 Å². The van der Waals surface area contributed by atoms with E-state index in [1.165, 1.54) is 30.0 Å². The van der Waals surface area contributed by atoms with E-state index in [2.05, 4.69) is 20.8 Å². The van der Waals surface area contributed by atoms with Gasteiger partial charge in [0.2, 0.25) is 5.91 Å². The van der Waals surface area contributed by atoms with Crippen LogP contribution in [0.2, 0.25) is 0 Å². The number of thioether (sulfide) groups is 1. The number of nitrogens with zero attached hydrogens (tertiary/aromatic N) is 2. The fourth-order valence-electron chi connectivity index (χ4n) is 2.30. The van der Waals surface area contributed by atoms with E-state index < -0.39 is 11.7 Å². The molecule has 132 valence electrons. The third-order valence-electron chi connectivity index (χ3n) is 3.62. The third-order valence-corrected chi connectivity index (χ3v) is 4.17. The SMILES string of the molecule is CSc1nc(C)c(CCC(=O)NNC(=O)c2ccccc2F)c(C)n1. The smallest absolute Gasteiger partial charge is 0.272 e. The number of carbonyl (C=O) groups excluding carboxylic acids is 2. The molecule has 0 aliphatic heterocycles. The number of carbonyl (C=O) groups is 2. The van der Waals surface area contributed by atoms with Crippen LogP contribution in [0.3, 0.4) is 0 Å². The number of hydrazine groups is 1. The van der Waals surface area contributed by atoms with Crippen molar-refractivity contribution < 1.29 is 14.0 Å². The average Bonchev–Trinajstić information content (AvgIpc) is 2.59. The standard InChI is InChI=1S/C17H19FN4O2S/c1-10-12(11(2)20-17(19-10)25-3)8-9-15(23)21-22-16(24)13-6-4-5-7-14(13)18/h4-7H,8-9H2,1-3H3,(H,21,23)(H,22,24). The van der Waals surface area contributed by atoms with E-state index >= 15 is 0 Å². The maximum atomic E-state index is 13.5. The fourth-order valence-corrected chi connectivity index (χ4v) is 2.76. The van der Waals surface area contributed by atoms with Crippen molar-refractivity contribution in [1.29, 1.82) is 0 Å². The lowest BCUT2D eigenvalue weighted by Crippen LogP contribution is -2.42. The summed E-state index contributed by atoms with van der Waals surface area (Å²) in [7, 11) is 0. The van der Waals surface area contributed by atoms with Crippen LogP contribution in [0.5, 0.6) is 0 Å². The zero-order chi connectivity index (χ0) is 18.4. The first kappa shape index (κ1) is 18.9. The highest BCUT2D eigenvalue weighted by atomic mass is 32.2. The topological polar surface area (TPSA) is 84.0 Å². The van der Waals surface area contributed by atoms with Gasteiger partial charge in [-0.1, -0.05) is 23.9 Å². The summed E-state index contributed by atoms with van der Waals surface area (Å²) in [6.07, 6.45) is 2.51. The third kappa shape index (κ3) is 4.99. The van der Waals surface area contributed by atoms with Gasteiger partial charge in [-0.3, -0.25) is 20.4 Å². The predicted octanol–water partition coefficient (Wildman–Crippen LogP) is 2.35. The van der Waals surface area contributed by atoms with Gasteiger partial charge in [0.05, 0.1) is 5.56 Å². The van der Waals surface area contributed by atoms with Crippen molar-refractivity contribution >= 4 is 23.6 Å². The quantitative estimate of drug-likeness (QED) is 0.485. The molecular weight excluding hydrogens is 343 g/mol. The predicted molar refractivity (Wildman–Crippen MR) is 93.6 cm³/mol. The lowest BCUT2D eigenvalue weighted by Gasteiger charge is -2.11. The molecule has 8 heteroatoms. The molecule has 0 radical (unpaired) electrons. The molecule has 0 spiro atoms. The van der Waals surface area contributed by atoms with Crippen molar-refractivity contribution in [1.82, 2.24) is 20.8 Å². The minimum atomic E-state index is -0.702. The Labute approximate surface area is 149 Å². The molecule has 0 saturated heterocycles. The average molecular weight is 362 g/mol. The van der Waals surface area contributed by atoms with Crippen LogP contribution in [0, 0.1) is 19.7 Å². The maximum absolute atomic E-state index is 13.5. The monoisotopic (exact) mass is 362 g/mol. The molecule has 2 N–H and O–H groups in total. The van der Waals surface area contributed by atoms with Crippen LogP contribution in [0.15, 0.2) is 29.4 Å². The molecule has 0 atom stereocenters. The molecule has 25 heavy (non-hydrogen) atoms. The number of hydrogen-bond acceptors (Lipinski definition) is 5. The summed E-state index contributed by atoms with van der Waals surface area (Å²) in [5, 5.41) is 0.695. The van der Waals surface area contributed by atoms with Gasteiger partial charge in [0.1, 0.15) is 5.82 Å². The summed E-state index contributed by atoms with van der Waals surface area (Å²) >= 11 is 1.46. The van der Waals surface area contributed by atoms with Crippen molar-refractivity contribution in [3.63, 3.8) is 0 Å². The van der Waals surface area contributed by atoms with Crippen LogP contribution < -0.4 is 10.9 Å². The van der Waals surface area contributed by atoms with Crippen LogP contribution in [0.1, 0.15) is 33.7 Å². The zero-order valence-electron chi connectivity index (χ0n) is 14.2. The van der Waals surface area contributed by atoms with Gasteiger partial charge in [-0.25, -0.2) is 14.4 Å². The van der Waals surface area contributed by atoms with E-state index in [4.69, 9.17) is 0 Å². The molecule has 0 bridgehead atoms. The highest BCUT2D eigenvalue weighted by molar-refractivity contribution is 7.98. The van der Waals surface area contributed by atoms with Crippen molar-refractivity contribution in [2.75, 3.05) is 6.26 Å². The molecular formula is C17H19FN4O2S. The molecule has 6 nitrogen and oxygen atoms in total. The van der Waals surface area contributed by atoms with E-state index in [-0.39, 0.29) is 17.9 Å². The minimum Gasteiger partial charge on any atom is -0.273 e. The number of aryl methyl sites for hydroxylation is 2. The van der Waals surface area contributed by atoms with Crippen LogP contribution in [-0.2, 0) is 11.2 Å². The van der Waals surface area contributed by atoms with Gasteiger partial charge in [-0.2, -0.15) is 0 Å². The maximum Gasteiger partial charge on any atom is 0.272 e. The Morgan fingerprint density at radius 3 is 2.36 bits per heavy atom. The van der Waals surface area contributed by atoms with E-state index in [1.807, 2.05) is 20.1 Å². The zero-order valence-corrected chi connectivity index (χ0v) is 15.0.